The Hall–Kier alpha value is -1.10. The zero-order valence-electron chi connectivity index (χ0n) is 11.4. The van der Waals surface area contributed by atoms with Crippen LogP contribution in [0.25, 0.3) is 10.1 Å². The summed E-state index contributed by atoms with van der Waals surface area (Å²) in [5.41, 5.74) is 0. The van der Waals surface area contributed by atoms with Crippen molar-refractivity contribution in [2.75, 3.05) is 13.2 Å². The predicted octanol–water partition coefficient (Wildman–Crippen LogP) is 3.99. The molecule has 0 bridgehead atoms. The Labute approximate surface area is 127 Å². The van der Waals surface area contributed by atoms with E-state index in [0.717, 1.165) is 34.8 Å². The lowest BCUT2D eigenvalue weighted by Crippen LogP contribution is -2.16. The summed E-state index contributed by atoms with van der Waals surface area (Å²) in [4.78, 5) is 12.3. The Balaban J connectivity index is 1.79. The summed E-state index contributed by atoms with van der Waals surface area (Å²) < 4.78 is 6.09. The number of halogens is 1. The number of nitrogens with one attached hydrogen (secondary N) is 1. The van der Waals surface area contributed by atoms with E-state index in [1.165, 1.54) is 4.70 Å². The molecule has 0 aliphatic heterocycles. The molecule has 1 heterocycles. The number of hydrogen-bond acceptors (Lipinski definition) is 4. The molecule has 0 fully saturated rings. The molecule has 108 valence electrons. The number of esters is 1. The van der Waals surface area contributed by atoms with E-state index in [2.05, 4.69) is 11.4 Å². The van der Waals surface area contributed by atoms with Gasteiger partial charge in [0.05, 0.1) is 11.6 Å². The molecule has 0 atom stereocenters. The maximum Gasteiger partial charge on any atom is 0.305 e. The van der Waals surface area contributed by atoms with Crippen LogP contribution in [0.3, 0.4) is 0 Å². The molecular formula is C15H18ClNO2S. The van der Waals surface area contributed by atoms with Gasteiger partial charge < -0.3 is 10.1 Å². The van der Waals surface area contributed by atoms with Crippen molar-refractivity contribution in [3.05, 3.63) is 34.2 Å². The van der Waals surface area contributed by atoms with Crippen molar-refractivity contribution in [1.29, 1.82) is 0 Å². The number of rotatable bonds is 7. The third kappa shape index (κ3) is 3.95. The van der Waals surface area contributed by atoms with Gasteiger partial charge in [0.25, 0.3) is 0 Å². The van der Waals surface area contributed by atoms with Gasteiger partial charge in [-0.25, -0.2) is 0 Å². The average molecular weight is 312 g/mol. The van der Waals surface area contributed by atoms with E-state index in [1.807, 2.05) is 25.1 Å². The predicted molar refractivity (Wildman–Crippen MR) is 84.4 cm³/mol. The van der Waals surface area contributed by atoms with Crippen LogP contribution in [0.5, 0.6) is 0 Å². The number of ether oxygens (including phenoxy) is 1. The molecule has 0 amide bonds. The number of carbonyl (C=O) groups excluding carboxylic acids is 1. The van der Waals surface area contributed by atoms with Gasteiger partial charge >= 0.3 is 5.97 Å². The summed E-state index contributed by atoms with van der Waals surface area (Å²) in [5.74, 6) is -0.130. The van der Waals surface area contributed by atoms with Crippen LogP contribution in [0.2, 0.25) is 5.02 Å². The van der Waals surface area contributed by atoms with Gasteiger partial charge in [0.1, 0.15) is 0 Å². The summed E-state index contributed by atoms with van der Waals surface area (Å²) in [6.07, 6.45) is 1.24. The molecule has 3 nitrogen and oxygen atoms in total. The van der Waals surface area contributed by atoms with Gasteiger partial charge in [0, 0.05) is 27.9 Å². The van der Waals surface area contributed by atoms with Crippen LogP contribution in [0.1, 0.15) is 24.6 Å². The fourth-order valence-corrected chi connectivity index (χ4v) is 3.44. The molecule has 0 spiro atoms. The summed E-state index contributed by atoms with van der Waals surface area (Å²) in [5, 5.41) is 5.27. The van der Waals surface area contributed by atoms with E-state index < -0.39 is 0 Å². The van der Waals surface area contributed by atoms with Crippen LogP contribution in [0.4, 0.5) is 0 Å². The second-order valence-electron chi connectivity index (χ2n) is 4.42. The lowest BCUT2D eigenvalue weighted by molar-refractivity contribution is -0.143. The molecule has 0 saturated heterocycles. The first kappa shape index (κ1) is 15.3. The van der Waals surface area contributed by atoms with Crippen LogP contribution in [0, 0.1) is 0 Å². The maximum atomic E-state index is 11.2. The maximum absolute atomic E-state index is 11.2. The van der Waals surface area contributed by atoms with E-state index in [0.29, 0.717) is 13.0 Å². The number of carbonyl (C=O) groups is 1. The molecule has 1 aromatic carbocycles. The molecule has 1 N–H and O–H groups in total. The van der Waals surface area contributed by atoms with Crippen molar-refractivity contribution in [3.63, 3.8) is 0 Å². The topological polar surface area (TPSA) is 38.3 Å². The zero-order chi connectivity index (χ0) is 14.4. The van der Waals surface area contributed by atoms with E-state index in [9.17, 15) is 4.79 Å². The number of fused-ring (bicyclic) bond motifs is 1. The Kier molecular flexibility index (Phi) is 5.83. The van der Waals surface area contributed by atoms with Crippen molar-refractivity contribution in [2.45, 2.75) is 26.3 Å². The molecule has 0 unspecified atom stereocenters. The zero-order valence-corrected chi connectivity index (χ0v) is 13.0. The highest BCUT2D eigenvalue weighted by molar-refractivity contribution is 7.19. The molecule has 2 rings (SSSR count). The van der Waals surface area contributed by atoms with Crippen LogP contribution in [-0.4, -0.2) is 19.1 Å². The lowest BCUT2D eigenvalue weighted by atomic mass is 10.2. The minimum Gasteiger partial charge on any atom is -0.466 e. The fraction of sp³-hybridized carbons (Fsp3) is 0.400. The Bertz CT molecular complexity index is 582. The van der Waals surface area contributed by atoms with Crippen molar-refractivity contribution in [2.24, 2.45) is 0 Å². The number of thiophene rings is 1. The van der Waals surface area contributed by atoms with E-state index in [1.54, 1.807) is 11.3 Å². The van der Waals surface area contributed by atoms with E-state index in [4.69, 9.17) is 16.3 Å². The van der Waals surface area contributed by atoms with Crippen LogP contribution < -0.4 is 5.32 Å². The SMILES string of the molecule is CCOC(=O)CCCNCc1sc2ccccc2c1Cl. The van der Waals surface area contributed by atoms with Crippen LogP contribution in [-0.2, 0) is 16.1 Å². The van der Waals surface area contributed by atoms with Gasteiger partial charge in [0.15, 0.2) is 0 Å². The van der Waals surface area contributed by atoms with Gasteiger partial charge in [-0.15, -0.1) is 11.3 Å². The van der Waals surface area contributed by atoms with Gasteiger partial charge in [0.2, 0.25) is 0 Å². The molecule has 1 aromatic heterocycles. The second kappa shape index (κ2) is 7.62. The minimum atomic E-state index is -0.130. The summed E-state index contributed by atoms with van der Waals surface area (Å²) in [7, 11) is 0. The first-order chi connectivity index (χ1) is 9.72. The number of hydrogen-bond donors (Lipinski definition) is 1. The third-order valence-corrected chi connectivity index (χ3v) is 4.64. The highest BCUT2D eigenvalue weighted by atomic mass is 35.5. The Morgan fingerprint density at radius 1 is 1.40 bits per heavy atom. The average Bonchev–Trinajstić information content (AvgIpc) is 2.76. The molecular weight excluding hydrogens is 294 g/mol. The standard InChI is InChI=1S/C15H18ClNO2S/c1-2-19-14(18)8-5-9-17-10-13-15(16)11-6-3-4-7-12(11)20-13/h3-4,6-7,17H,2,5,8-10H2,1H3. The quantitative estimate of drug-likeness (QED) is 0.620. The summed E-state index contributed by atoms with van der Waals surface area (Å²) >= 11 is 8.07. The third-order valence-electron chi connectivity index (χ3n) is 2.93. The van der Waals surface area contributed by atoms with Crippen LogP contribution in [0.15, 0.2) is 24.3 Å². The number of benzene rings is 1. The van der Waals surface area contributed by atoms with E-state index in [-0.39, 0.29) is 5.97 Å². The Morgan fingerprint density at radius 2 is 2.20 bits per heavy atom. The van der Waals surface area contributed by atoms with Crippen molar-refractivity contribution < 1.29 is 9.53 Å². The first-order valence-electron chi connectivity index (χ1n) is 6.74. The van der Waals surface area contributed by atoms with Crippen molar-refractivity contribution >= 4 is 39.0 Å². The van der Waals surface area contributed by atoms with E-state index >= 15 is 0 Å². The molecule has 2 aromatic rings. The summed E-state index contributed by atoms with van der Waals surface area (Å²) in [6.45, 7) is 3.79. The molecule has 0 saturated carbocycles. The molecule has 0 aliphatic carbocycles. The minimum absolute atomic E-state index is 0.130. The van der Waals surface area contributed by atoms with Gasteiger partial charge in [-0.3, -0.25) is 4.79 Å². The summed E-state index contributed by atoms with van der Waals surface area (Å²) in [6, 6.07) is 8.14. The van der Waals surface area contributed by atoms with Crippen molar-refractivity contribution in [3.8, 4) is 0 Å². The molecule has 0 aliphatic rings. The van der Waals surface area contributed by atoms with Gasteiger partial charge in [-0.2, -0.15) is 0 Å². The largest absolute Gasteiger partial charge is 0.466 e. The normalized spacial score (nSPS) is 10.9. The van der Waals surface area contributed by atoms with Crippen molar-refractivity contribution in [1.82, 2.24) is 5.32 Å². The molecule has 0 radical (unpaired) electrons. The van der Waals surface area contributed by atoms with Gasteiger partial charge in [-0.1, -0.05) is 29.8 Å². The highest BCUT2D eigenvalue weighted by Gasteiger charge is 2.09. The fourth-order valence-electron chi connectivity index (χ4n) is 1.97. The monoisotopic (exact) mass is 311 g/mol. The smallest absolute Gasteiger partial charge is 0.305 e. The lowest BCUT2D eigenvalue weighted by Gasteiger charge is -2.04. The first-order valence-corrected chi connectivity index (χ1v) is 7.94. The Morgan fingerprint density at radius 3 is 2.95 bits per heavy atom. The van der Waals surface area contributed by atoms with Crippen LogP contribution >= 0.6 is 22.9 Å². The highest BCUT2D eigenvalue weighted by Crippen LogP contribution is 2.34. The van der Waals surface area contributed by atoms with Gasteiger partial charge in [-0.05, 0) is 26.0 Å². The molecule has 20 heavy (non-hydrogen) atoms. The molecule has 5 heteroatoms. The second-order valence-corrected chi connectivity index (χ2v) is 5.94.